The number of nitrogens with zero attached hydrogens (tertiary/aromatic N) is 3. The summed E-state index contributed by atoms with van der Waals surface area (Å²) in [6.45, 7) is 1.85. The normalized spacial score (nSPS) is 11.2. The van der Waals surface area contributed by atoms with E-state index in [0.29, 0.717) is 22.6 Å². The van der Waals surface area contributed by atoms with Crippen molar-refractivity contribution in [2.75, 3.05) is 25.5 Å². The monoisotopic (exact) mass is 540 g/mol. The number of pyridine rings is 1. The van der Waals surface area contributed by atoms with Gasteiger partial charge in [0.2, 0.25) is 5.95 Å². The Morgan fingerprint density at radius 2 is 1.67 bits per heavy atom. The molecule has 4 N–H and O–H groups in total. The van der Waals surface area contributed by atoms with Gasteiger partial charge < -0.3 is 25.8 Å². The molecule has 0 aliphatic carbocycles. The lowest BCUT2D eigenvalue weighted by molar-refractivity contribution is -0.123. The predicted octanol–water partition coefficient (Wildman–Crippen LogP) is 4.24. The molecular formula is C26H23F3N6O4. The van der Waals surface area contributed by atoms with Crippen LogP contribution in [0.5, 0.6) is 5.75 Å². The van der Waals surface area contributed by atoms with E-state index in [2.05, 4.69) is 27.3 Å². The Hall–Kier alpha value is -5.07. The topological polar surface area (TPSA) is 130 Å². The summed E-state index contributed by atoms with van der Waals surface area (Å²) < 4.78 is 43.9. The van der Waals surface area contributed by atoms with Crippen molar-refractivity contribution in [3.05, 3.63) is 84.3 Å². The molecule has 2 aromatic heterocycles. The minimum Gasteiger partial charge on any atom is -0.511 e. The summed E-state index contributed by atoms with van der Waals surface area (Å²) in [5, 5.41) is 21.0. The van der Waals surface area contributed by atoms with Gasteiger partial charge in [-0.25, -0.2) is 4.52 Å². The Labute approximate surface area is 220 Å². The van der Waals surface area contributed by atoms with Crippen LogP contribution in [-0.4, -0.2) is 57.9 Å². The first-order chi connectivity index (χ1) is 18.5. The number of anilines is 2. The van der Waals surface area contributed by atoms with Crippen LogP contribution in [0.3, 0.4) is 0 Å². The number of ether oxygens (including phenoxy) is 1. The van der Waals surface area contributed by atoms with Crippen LogP contribution in [0.15, 0.2) is 73.1 Å². The van der Waals surface area contributed by atoms with Gasteiger partial charge in [-0.1, -0.05) is 18.7 Å². The molecule has 0 bridgehead atoms. The van der Waals surface area contributed by atoms with Gasteiger partial charge in [0.1, 0.15) is 18.1 Å². The number of aliphatic hydroxyl groups excluding tert-OH is 1. The third kappa shape index (κ3) is 6.83. The van der Waals surface area contributed by atoms with E-state index < -0.39 is 24.5 Å². The molecule has 39 heavy (non-hydrogen) atoms. The third-order valence-corrected chi connectivity index (χ3v) is 5.42. The molecule has 0 unspecified atom stereocenters. The van der Waals surface area contributed by atoms with E-state index in [-0.39, 0.29) is 23.8 Å². The number of aliphatic hydroxyl groups is 1. The van der Waals surface area contributed by atoms with E-state index in [9.17, 15) is 22.8 Å². The first-order valence-electron chi connectivity index (χ1n) is 11.4. The zero-order chi connectivity index (χ0) is 28.2. The standard InChI is InChI=1S/C26H23F3N6O4/c1-15(36)12-30-24(38)18-7-9-20(21(11-18)39-2)32-25-33-22-10-8-19(13-35(22)34-25)16-3-5-17(6-4-16)23(37)31-14-26(27,28)29/h3-11,13,36H,1,12,14H2,2H3,(H,30,38)(H,31,37)(H,32,34). The SMILES string of the molecule is C=C(O)CNC(=O)c1ccc(Nc2nc3ccc(-c4ccc(C(=O)NCC(F)(F)F)cc4)cn3n2)c(OC)c1. The summed E-state index contributed by atoms with van der Waals surface area (Å²) in [7, 11) is 1.45. The van der Waals surface area contributed by atoms with Crippen molar-refractivity contribution in [1.29, 1.82) is 0 Å². The average molecular weight is 541 g/mol. The smallest absolute Gasteiger partial charge is 0.405 e. The minimum atomic E-state index is -4.49. The van der Waals surface area contributed by atoms with E-state index in [0.717, 1.165) is 11.1 Å². The maximum absolute atomic E-state index is 12.3. The Morgan fingerprint density at radius 3 is 2.33 bits per heavy atom. The Kier molecular flexibility index (Phi) is 7.70. The maximum atomic E-state index is 12.3. The zero-order valence-electron chi connectivity index (χ0n) is 20.5. The van der Waals surface area contributed by atoms with Gasteiger partial charge in [0.25, 0.3) is 11.8 Å². The number of fused-ring (bicyclic) bond motifs is 1. The van der Waals surface area contributed by atoms with Crippen LogP contribution >= 0.6 is 0 Å². The summed E-state index contributed by atoms with van der Waals surface area (Å²) >= 11 is 0. The van der Waals surface area contributed by atoms with E-state index in [1.165, 1.54) is 29.8 Å². The molecular weight excluding hydrogens is 517 g/mol. The van der Waals surface area contributed by atoms with Crippen LogP contribution in [0.2, 0.25) is 0 Å². The van der Waals surface area contributed by atoms with E-state index in [1.807, 2.05) is 5.32 Å². The fraction of sp³-hybridized carbons (Fsp3) is 0.154. The summed E-state index contributed by atoms with van der Waals surface area (Å²) in [5.41, 5.74) is 2.91. The Balaban J connectivity index is 1.49. The number of rotatable bonds is 9. The van der Waals surface area contributed by atoms with Crippen molar-refractivity contribution in [3.8, 4) is 16.9 Å². The van der Waals surface area contributed by atoms with Gasteiger partial charge in [-0.3, -0.25) is 9.59 Å². The fourth-order valence-electron chi connectivity index (χ4n) is 3.54. The molecule has 4 aromatic rings. The van der Waals surface area contributed by atoms with Crippen LogP contribution < -0.4 is 20.7 Å². The molecule has 0 atom stereocenters. The number of nitrogens with one attached hydrogen (secondary N) is 3. The Bertz CT molecular complexity index is 1530. The van der Waals surface area contributed by atoms with E-state index in [1.54, 1.807) is 42.6 Å². The quantitative estimate of drug-likeness (QED) is 0.234. The van der Waals surface area contributed by atoms with Gasteiger partial charge in [-0.15, -0.1) is 5.10 Å². The van der Waals surface area contributed by atoms with Crippen LogP contribution in [0.25, 0.3) is 16.8 Å². The number of hydrogen-bond donors (Lipinski definition) is 4. The minimum absolute atomic E-state index is 0.0737. The average Bonchev–Trinajstić information content (AvgIpc) is 3.31. The second-order valence-corrected chi connectivity index (χ2v) is 8.32. The number of carbonyl (C=O) groups excluding carboxylic acids is 2. The van der Waals surface area contributed by atoms with Crippen molar-refractivity contribution >= 4 is 29.1 Å². The van der Waals surface area contributed by atoms with Crippen molar-refractivity contribution in [2.45, 2.75) is 6.18 Å². The lowest BCUT2D eigenvalue weighted by atomic mass is 10.1. The van der Waals surface area contributed by atoms with E-state index >= 15 is 0 Å². The van der Waals surface area contributed by atoms with Gasteiger partial charge in [-0.2, -0.15) is 18.2 Å². The van der Waals surface area contributed by atoms with Crippen molar-refractivity contribution in [2.24, 2.45) is 0 Å². The predicted molar refractivity (Wildman–Crippen MR) is 137 cm³/mol. The summed E-state index contributed by atoms with van der Waals surface area (Å²) in [4.78, 5) is 28.6. The molecule has 0 fully saturated rings. The molecule has 0 saturated heterocycles. The molecule has 2 aromatic carbocycles. The highest BCUT2D eigenvalue weighted by Crippen LogP contribution is 2.28. The maximum Gasteiger partial charge on any atom is 0.405 e. The van der Waals surface area contributed by atoms with Gasteiger partial charge in [0.15, 0.2) is 5.65 Å². The van der Waals surface area contributed by atoms with E-state index in [4.69, 9.17) is 9.84 Å². The lowest BCUT2D eigenvalue weighted by Gasteiger charge is -2.11. The highest BCUT2D eigenvalue weighted by molar-refractivity contribution is 5.95. The number of hydrogen-bond acceptors (Lipinski definition) is 7. The number of halogens is 3. The molecule has 0 spiro atoms. The second kappa shape index (κ2) is 11.1. The highest BCUT2D eigenvalue weighted by atomic mass is 19.4. The van der Waals surface area contributed by atoms with Crippen LogP contribution in [0.1, 0.15) is 20.7 Å². The summed E-state index contributed by atoms with van der Waals surface area (Å²) in [5.74, 6) is -0.774. The number of carbonyl (C=O) groups is 2. The largest absolute Gasteiger partial charge is 0.511 e. The number of alkyl halides is 3. The second-order valence-electron chi connectivity index (χ2n) is 8.32. The molecule has 4 rings (SSSR count). The Morgan fingerprint density at radius 1 is 1.00 bits per heavy atom. The molecule has 0 aliphatic rings. The first-order valence-corrected chi connectivity index (χ1v) is 11.4. The molecule has 0 aliphatic heterocycles. The van der Waals surface area contributed by atoms with Crippen molar-refractivity contribution in [3.63, 3.8) is 0 Å². The molecule has 13 heteroatoms. The van der Waals surface area contributed by atoms with Crippen LogP contribution in [0.4, 0.5) is 24.8 Å². The summed E-state index contributed by atoms with van der Waals surface area (Å²) in [6, 6.07) is 14.4. The summed E-state index contributed by atoms with van der Waals surface area (Å²) in [6.07, 6.45) is -2.77. The molecule has 10 nitrogen and oxygen atoms in total. The fourth-order valence-corrected chi connectivity index (χ4v) is 3.54. The van der Waals surface area contributed by atoms with Crippen LogP contribution in [0, 0.1) is 0 Å². The number of amides is 2. The third-order valence-electron chi connectivity index (χ3n) is 5.42. The van der Waals surface area contributed by atoms with Gasteiger partial charge in [0.05, 0.1) is 19.3 Å². The van der Waals surface area contributed by atoms with Gasteiger partial charge in [0, 0.05) is 22.9 Å². The lowest BCUT2D eigenvalue weighted by Crippen LogP contribution is -2.33. The molecule has 202 valence electrons. The molecule has 0 radical (unpaired) electrons. The first kappa shape index (κ1) is 27.0. The number of methoxy groups -OCH3 is 1. The number of benzene rings is 2. The molecule has 0 saturated carbocycles. The highest BCUT2D eigenvalue weighted by Gasteiger charge is 2.27. The van der Waals surface area contributed by atoms with Gasteiger partial charge >= 0.3 is 6.18 Å². The molecule has 2 heterocycles. The van der Waals surface area contributed by atoms with Crippen molar-refractivity contribution in [1.82, 2.24) is 25.2 Å². The van der Waals surface area contributed by atoms with Gasteiger partial charge in [-0.05, 0) is 48.0 Å². The number of aromatic nitrogens is 3. The molecule has 2 amide bonds. The zero-order valence-corrected chi connectivity index (χ0v) is 20.5. The van der Waals surface area contributed by atoms with Crippen LogP contribution in [-0.2, 0) is 0 Å². The van der Waals surface area contributed by atoms with Crippen molar-refractivity contribution < 1.29 is 32.6 Å².